The van der Waals surface area contributed by atoms with Crippen molar-refractivity contribution >= 4 is 38.5 Å². The molecular weight excluding hydrogens is 428 g/mol. The Morgan fingerprint density at radius 3 is 2.19 bits per heavy atom. The van der Waals surface area contributed by atoms with Gasteiger partial charge in [-0.3, -0.25) is 13.7 Å². The van der Waals surface area contributed by atoms with Crippen LogP contribution in [0.1, 0.15) is 20.7 Å². The predicted octanol–water partition coefficient (Wildman–Crippen LogP) is 3.94. The number of hydrogen-bond acceptors (Lipinski definition) is 5. The number of hydrogen-bond donors (Lipinski definition) is 0. The van der Waals surface area contributed by atoms with Crippen LogP contribution in [0.3, 0.4) is 0 Å². The Hall–Kier alpha value is -3.91. The van der Waals surface area contributed by atoms with Crippen molar-refractivity contribution in [1.29, 1.82) is 0 Å². The van der Waals surface area contributed by atoms with Gasteiger partial charge >= 0.3 is 5.97 Å². The third-order valence-electron chi connectivity index (χ3n) is 5.21. The minimum Gasteiger partial charge on any atom is -0.465 e. The lowest BCUT2D eigenvalue weighted by atomic mass is 10.1. The minimum absolute atomic E-state index is 0.115. The summed E-state index contributed by atoms with van der Waals surface area (Å²) in [5, 5.41) is 0.565. The predicted molar refractivity (Wildman–Crippen MR) is 121 cm³/mol. The van der Waals surface area contributed by atoms with Crippen LogP contribution in [0.25, 0.3) is 10.9 Å². The quantitative estimate of drug-likeness (QED) is 0.432. The van der Waals surface area contributed by atoms with E-state index in [0.717, 1.165) is 4.31 Å². The number of para-hydroxylation sites is 2. The van der Waals surface area contributed by atoms with Crippen molar-refractivity contribution in [3.05, 3.63) is 96.2 Å². The summed E-state index contributed by atoms with van der Waals surface area (Å²) in [7, 11) is -1.21. The van der Waals surface area contributed by atoms with Gasteiger partial charge in [0.2, 0.25) is 0 Å². The maximum absolute atomic E-state index is 13.6. The first-order valence-electron chi connectivity index (χ1n) is 9.72. The molecular formula is C24H20N2O5S. The van der Waals surface area contributed by atoms with Gasteiger partial charge in [0.05, 0.1) is 34.3 Å². The van der Waals surface area contributed by atoms with Crippen LogP contribution in [0.5, 0.6) is 0 Å². The van der Waals surface area contributed by atoms with Gasteiger partial charge in [-0.05, 0) is 30.3 Å². The highest BCUT2D eigenvalue weighted by Gasteiger charge is 2.27. The van der Waals surface area contributed by atoms with E-state index in [1.54, 1.807) is 66.7 Å². The number of aromatic nitrogens is 1. The fraction of sp³-hybridized carbons (Fsp3) is 0.0833. The molecule has 0 saturated carbocycles. The first-order chi connectivity index (χ1) is 15.4. The Bertz CT molecular complexity index is 1430. The lowest BCUT2D eigenvalue weighted by molar-refractivity contribution is 0.0603. The number of sulfonamides is 1. The molecule has 162 valence electrons. The number of methoxy groups -OCH3 is 1. The highest BCUT2D eigenvalue weighted by molar-refractivity contribution is 7.92. The zero-order chi connectivity index (χ0) is 22.9. The number of carbonyl (C=O) groups is 2. The Morgan fingerprint density at radius 2 is 1.47 bits per heavy atom. The van der Waals surface area contributed by atoms with E-state index < -0.39 is 21.9 Å². The third kappa shape index (κ3) is 3.54. The second kappa shape index (κ2) is 8.32. The molecule has 4 rings (SSSR count). The van der Waals surface area contributed by atoms with Crippen molar-refractivity contribution in [1.82, 2.24) is 4.57 Å². The van der Waals surface area contributed by atoms with Crippen LogP contribution in [0.2, 0.25) is 0 Å². The zero-order valence-corrected chi connectivity index (χ0v) is 18.2. The maximum Gasteiger partial charge on any atom is 0.340 e. The van der Waals surface area contributed by atoms with E-state index in [1.165, 1.54) is 37.1 Å². The number of fused-ring (bicyclic) bond motifs is 1. The highest BCUT2D eigenvalue weighted by atomic mass is 32.2. The molecule has 3 aromatic carbocycles. The molecule has 0 N–H and O–H groups in total. The van der Waals surface area contributed by atoms with Gasteiger partial charge in [-0.15, -0.1) is 0 Å². The van der Waals surface area contributed by atoms with Gasteiger partial charge in [-0.2, -0.15) is 0 Å². The average Bonchev–Trinajstić information content (AvgIpc) is 3.23. The summed E-state index contributed by atoms with van der Waals surface area (Å²) >= 11 is 0. The monoisotopic (exact) mass is 448 g/mol. The van der Waals surface area contributed by atoms with Crippen LogP contribution in [0.15, 0.2) is 90.0 Å². The van der Waals surface area contributed by atoms with Crippen molar-refractivity contribution in [2.24, 2.45) is 0 Å². The van der Waals surface area contributed by atoms with E-state index in [1.807, 2.05) is 0 Å². The van der Waals surface area contributed by atoms with E-state index in [0.29, 0.717) is 10.9 Å². The van der Waals surface area contributed by atoms with E-state index in [2.05, 4.69) is 0 Å². The van der Waals surface area contributed by atoms with Gasteiger partial charge in [0.25, 0.3) is 15.9 Å². The number of esters is 1. The van der Waals surface area contributed by atoms with Crippen molar-refractivity contribution < 1.29 is 22.7 Å². The van der Waals surface area contributed by atoms with Gasteiger partial charge in [0, 0.05) is 18.6 Å². The Balaban J connectivity index is 1.84. The first-order valence-corrected chi connectivity index (χ1v) is 11.2. The van der Waals surface area contributed by atoms with Gasteiger partial charge in [-0.25, -0.2) is 13.2 Å². The molecule has 1 aromatic heterocycles. The SMILES string of the molecule is COC(=O)c1cn(C(=O)c2ccccc2N(C)S(=O)(=O)c2ccccc2)c2ccccc12. The normalized spacial score (nSPS) is 11.3. The summed E-state index contributed by atoms with van der Waals surface area (Å²) in [5.41, 5.74) is 1.16. The molecule has 0 bridgehead atoms. The highest BCUT2D eigenvalue weighted by Crippen LogP contribution is 2.29. The van der Waals surface area contributed by atoms with Crippen molar-refractivity contribution in [2.75, 3.05) is 18.5 Å². The van der Waals surface area contributed by atoms with Gasteiger partial charge in [0.15, 0.2) is 0 Å². The largest absolute Gasteiger partial charge is 0.465 e. The van der Waals surface area contributed by atoms with Crippen molar-refractivity contribution in [3.63, 3.8) is 0 Å². The summed E-state index contributed by atoms with van der Waals surface area (Å²) in [6, 6.07) is 21.4. The maximum atomic E-state index is 13.6. The van der Waals surface area contributed by atoms with E-state index in [9.17, 15) is 18.0 Å². The molecule has 0 spiro atoms. The number of ether oxygens (including phenoxy) is 1. The lowest BCUT2D eigenvalue weighted by Crippen LogP contribution is -2.28. The molecule has 0 saturated heterocycles. The average molecular weight is 449 g/mol. The molecule has 0 unspecified atom stereocenters. The third-order valence-corrected chi connectivity index (χ3v) is 7.00. The van der Waals surface area contributed by atoms with Crippen LogP contribution in [-0.2, 0) is 14.8 Å². The molecule has 0 aliphatic rings. The van der Waals surface area contributed by atoms with Crippen LogP contribution in [-0.4, -0.2) is 39.0 Å². The summed E-state index contributed by atoms with van der Waals surface area (Å²) < 4.78 is 33.5. The Kier molecular flexibility index (Phi) is 5.54. The number of benzene rings is 3. The second-order valence-corrected chi connectivity index (χ2v) is 9.00. The van der Waals surface area contributed by atoms with E-state index >= 15 is 0 Å². The lowest BCUT2D eigenvalue weighted by Gasteiger charge is -2.22. The fourth-order valence-electron chi connectivity index (χ4n) is 3.56. The summed E-state index contributed by atoms with van der Waals surface area (Å²) in [5.74, 6) is -1.04. The molecule has 0 fully saturated rings. The number of carbonyl (C=O) groups excluding carboxylic acids is 2. The molecule has 1 heterocycles. The number of nitrogens with zero attached hydrogens (tertiary/aromatic N) is 2. The van der Waals surface area contributed by atoms with Gasteiger partial charge < -0.3 is 4.74 Å². The topological polar surface area (TPSA) is 85.7 Å². The molecule has 0 atom stereocenters. The molecule has 0 aliphatic carbocycles. The van der Waals surface area contributed by atoms with E-state index in [-0.39, 0.29) is 21.7 Å². The Labute approximate surface area is 185 Å². The van der Waals surface area contributed by atoms with Crippen molar-refractivity contribution in [2.45, 2.75) is 4.90 Å². The van der Waals surface area contributed by atoms with Crippen molar-refractivity contribution in [3.8, 4) is 0 Å². The number of anilines is 1. The van der Waals surface area contributed by atoms with Gasteiger partial charge in [-0.1, -0.05) is 48.5 Å². The standard InChI is InChI=1S/C24H20N2O5S/c1-25(32(29,30)17-10-4-3-5-11-17)21-14-8-7-13-19(21)23(27)26-16-20(24(28)31-2)18-12-6-9-15-22(18)26/h3-16H,1-2H3. The number of rotatable bonds is 5. The van der Waals surface area contributed by atoms with E-state index in [4.69, 9.17) is 4.74 Å². The smallest absolute Gasteiger partial charge is 0.340 e. The molecule has 4 aromatic rings. The van der Waals surface area contributed by atoms with Crippen LogP contribution in [0.4, 0.5) is 5.69 Å². The molecule has 0 aliphatic heterocycles. The molecule has 8 heteroatoms. The first kappa shape index (κ1) is 21.3. The summed E-state index contributed by atoms with van der Waals surface area (Å²) in [6.07, 6.45) is 1.42. The molecule has 0 radical (unpaired) electrons. The summed E-state index contributed by atoms with van der Waals surface area (Å²) in [4.78, 5) is 25.9. The molecule has 7 nitrogen and oxygen atoms in total. The summed E-state index contributed by atoms with van der Waals surface area (Å²) in [6.45, 7) is 0. The van der Waals surface area contributed by atoms with Crippen LogP contribution in [0, 0.1) is 0 Å². The molecule has 32 heavy (non-hydrogen) atoms. The Morgan fingerprint density at radius 1 is 0.844 bits per heavy atom. The fourth-order valence-corrected chi connectivity index (χ4v) is 4.79. The minimum atomic E-state index is -3.89. The van der Waals surface area contributed by atoms with Gasteiger partial charge in [0.1, 0.15) is 0 Å². The van der Waals surface area contributed by atoms with Crippen LogP contribution >= 0.6 is 0 Å². The zero-order valence-electron chi connectivity index (χ0n) is 17.4. The van der Waals surface area contributed by atoms with Crippen LogP contribution < -0.4 is 4.31 Å². The molecule has 0 amide bonds. The second-order valence-electron chi connectivity index (χ2n) is 7.03.